The molecule has 1 rings (SSSR count). The first-order chi connectivity index (χ1) is 6.72. The zero-order valence-corrected chi connectivity index (χ0v) is 9.24. The van der Waals surface area contributed by atoms with Crippen LogP contribution in [0.25, 0.3) is 0 Å². The summed E-state index contributed by atoms with van der Waals surface area (Å²) >= 11 is 6.88. The molecule has 0 aliphatic heterocycles. The highest BCUT2D eigenvalue weighted by Gasteiger charge is 1.97. The minimum absolute atomic E-state index is 0.321. The van der Waals surface area contributed by atoms with Gasteiger partial charge in [-0.2, -0.15) is 0 Å². The minimum atomic E-state index is -0.321. The molecule has 74 valence electrons. The fourth-order valence-corrected chi connectivity index (χ4v) is 1.74. The first-order valence-electron chi connectivity index (χ1n) is 3.98. The highest BCUT2D eigenvalue weighted by atomic mass is 35.5. The lowest BCUT2D eigenvalue weighted by Gasteiger charge is -1.96. The number of halogens is 1. The van der Waals surface area contributed by atoms with Crippen LogP contribution in [0.15, 0.2) is 26.2 Å². The summed E-state index contributed by atoms with van der Waals surface area (Å²) in [4.78, 5) is 11.8. The first kappa shape index (κ1) is 11.2. The summed E-state index contributed by atoms with van der Waals surface area (Å²) in [5, 5.41) is 0. The average Bonchev–Trinajstić information content (AvgIpc) is 2.11. The van der Waals surface area contributed by atoms with Crippen LogP contribution in [0.4, 0.5) is 0 Å². The lowest BCUT2D eigenvalue weighted by molar-refractivity contribution is 0.475. The second kappa shape index (κ2) is 5.79. The monoisotopic (exact) mass is 228 g/mol. The quantitative estimate of drug-likeness (QED) is 0.442. The number of rotatable bonds is 2. The van der Waals surface area contributed by atoms with Gasteiger partial charge in [0.15, 0.2) is 0 Å². The second-order valence-electron chi connectivity index (χ2n) is 2.50. The number of hydrogen-bond donors (Lipinski definition) is 0. The van der Waals surface area contributed by atoms with E-state index in [9.17, 15) is 4.79 Å². The molecule has 0 atom stereocenters. The van der Waals surface area contributed by atoms with Crippen molar-refractivity contribution in [3.8, 4) is 11.8 Å². The number of aryl methyl sites for hydroxylation is 1. The summed E-state index contributed by atoms with van der Waals surface area (Å²) in [6.45, 7) is 1.75. The van der Waals surface area contributed by atoms with Crippen molar-refractivity contribution in [2.75, 3.05) is 11.6 Å². The normalized spacial score (nSPS) is 9.29. The summed E-state index contributed by atoms with van der Waals surface area (Å²) in [7, 11) is 0. The van der Waals surface area contributed by atoms with Gasteiger partial charge in [-0.25, -0.2) is 4.79 Å². The number of hydrogen-bond acceptors (Lipinski definition) is 3. The lowest BCUT2D eigenvalue weighted by atomic mass is 10.4. The zero-order chi connectivity index (χ0) is 10.4. The molecule has 2 nitrogen and oxygen atoms in total. The van der Waals surface area contributed by atoms with Crippen molar-refractivity contribution >= 4 is 23.4 Å². The molecule has 0 bridgehead atoms. The maximum atomic E-state index is 11.0. The van der Waals surface area contributed by atoms with Gasteiger partial charge in [0.25, 0.3) is 0 Å². The van der Waals surface area contributed by atoms with Crippen LogP contribution < -0.4 is 5.63 Å². The van der Waals surface area contributed by atoms with Gasteiger partial charge in [-0.3, -0.25) is 0 Å². The zero-order valence-electron chi connectivity index (χ0n) is 7.67. The van der Waals surface area contributed by atoms with Crippen LogP contribution in [0.1, 0.15) is 5.76 Å². The number of alkyl halides is 1. The van der Waals surface area contributed by atoms with E-state index in [0.717, 1.165) is 4.90 Å². The van der Waals surface area contributed by atoms with E-state index >= 15 is 0 Å². The Balaban J connectivity index is 2.63. The first-order valence-corrected chi connectivity index (χ1v) is 5.50. The summed E-state index contributed by atoms with van der Waals surface area (Å²) in [6, 6.07) is 3.27. The van der Waals surface area contributed by atoms with E-state index in [0.29, 0.717) is 17.4 Å². The van der Waals surface area contributed by atoms with Gasteiger partial charge in [0, 0.05) is 11.0 Å². The van der Waals surface area contributed by atoms with Crippen LogP contribution in [0.3, 0.4) is 0 Å². The molecule has 0 N–H and O–H groups in total. The fourth-order valence-electron chi connectivity index (χ4n) is 0.877. The fraction of sp³-hybridized carbons (Fsp3) is 0.300. The molecule has 0 unspecified atom stereocenters. The molecule has 1 heterocycles. The molecule has 0 fully saturated rings. The van der Waals surface area contributed by atoms with Gasteiger partial charge in [0.05, 0.1) is 11.6 Å². The SMILES string of the molecule is Cc1cc(SCC#CCCl)cc(=O)o1. The van der Waals surface area contributed by atoms with Gasteiger partial charge in [-0.05, 0) is 13.0 Å². The summed E-state index contributed by atoms with van der Waals surface area (Å²) in [5.74, 6) is 7.21. The van der Waals surface area contributed by atoms with Crippen LogP contribution >= 0.6 is 23.4 Å². The van der Waals surface area contributed by atoms with Gasteiger partial charge in [-0.1, -0.05) is 11.8 Å². The molecule has 1 aromatic heterocycles. The molecule has 1 aromatic rings. The molecule has 0 radical (unpaired) electrons. The highest BCUT2D eigenvalue weighted by Crippen LogP contribution is 2.15. The van der Waals surface area contributed by atoms with E-state index in [1.807, 2.05) is 6.07 Å². The Hall–Kier alpha value is -0.850. The molecule has 0 spiro atoms. The molecular weight excluding hydrogens is 220 g/mol. The molecule has 0 aromatic carbocycles. The topological polar surface area (TPSA) is 30.2 Å². The summed E-state index contributed by atoms with van der Waals surface area (Å²) in [5.41, 5.74) is -0.321. The average molecular weight is 229 g/mol. The van der Waals surface area contributed by atoms with Gasteiger partial charge < -0.3 is 4.42 Å². The van der Waals surface area contributed by atoms with Crippen molar-refractivity contribution in [1.29, 1.82) is 0 Å². The second-order valence-corrected chi connectivity index (χ2v) is 3.81. The van der Waals surface area contributed by atoms with E-state index in [2.05, 4.69) is 11.8 Å². The van der Waals surface area contributed by atoms with Crippen molar-refractivity contribution in [2.45, 2.75) is 11.8 Å². The largest absolute Gasteiger partial charge is 0.428 e. The van der Waals surface area contributed by atoms with Gasteiger partial charge >= 0.3 is 5.63 Å². The Morgan fingerprint density at radius 1 is 1.50 bits per heavy atom. The van der Waals surface area contributed by atoms with Crippen LogP contribution in [0.2, 0.25) is 0 Å². The number of thioether (sulfide) groups is 1. The van der Waals surface area contributed by atoms with E-state index < -0.39 is 0 Å². The third kappa shape index (κ3) is 3.91. The minimum Gasteiger partial charge on any atom is -0.428 e. The van der Waals surface area contributed by atoms with E-state index in [-0.39, 0.29) is 5.63 Å². The lowest BCUT2D eigenvalue weighted by Crippen LogP contribution is -1.97. The Labute approximate surface area is 91.6 Å². The maximum Gasteiger partial charge on any atom is 0.336 e. The Bertz CT molecular complexity index is 414. The van der Waals surface area contributed by atoms with Crippen molar-refractivity contribution in [3.63, 3.8) is 0 Å². The van der Waals surface area contributed by atoms with Crippen molar-refractivity contribution in [1.82, 2.24) is 0 Å². The summed E-state index contributed by atoms with van der Waals surface area (Å²) < 4.78 is 4.82. The predicted molar refractivity (Wildman–Crippen MR) is 58.9 cm³/mol. The predicted octanol–water partition coefficient (Wildman–Crippen LogP) is 2.28. The van der Waals surface area contributed by atoms with Crippen molar-refractivity contribution in [2.24, 2.45) is 0 Å². The third-order valence-corrected chi connectivity index (χ3v) is 2.36. The Morgan fingerprint density at radius 3 is 2.93 bits per heavy atom. The molecule has 0 saturated heterocycles. The van der Waals surface area contributed by atoms with Crippen molar-refractivity contribution < 1.29 is 4.42 Å². The smallest absolute Gasteiger partial charge is 0.336 e. The highest BCUT2D eigenvalue weighted by molar-refractivity contribution is 7.99. The van der Waals surface area contributed by atoms with Crippen LogP contribution in [0.5, 0.6) is 0 Å². The van der Waals surface area contributed by atoms with Gasteiger partial charge in [-0.15, -0.1) is 23.4 Å². The molecule has 0 saturated carbocycles. The van der Waals surface area contributed by atoms with Crippen LogP contribution in [-0.2, 0) is 0 Å². The van der Waals surface area contributed by atoms with E-state index in [1.54, 1.807) is 6.92 Å². The Morgan fingerprint density at radius 2 is 2.29 bits per heavy atom. The molecular formula is C10H9ClO2S. The summed E-state index contributed by atoms with van der Waals surface area (Å²) in [6.07, 6.45) is 0. The standard InChI is InChI=1S/C10H9ClO2S/c1-8-6-9(7-10(12)13-8)14-5-3-2-4-11/h6-7H,4-5H2,1H3. The van der Waals surface area contributed by atoms with E-state index in [4.69, 9.17) is 16.0 Å². The molecule has 4 heteroatoms. The molecule has 0 aliphatic rings. The van der Waals surface area contributed by atoms with Crippen molar-refractivity contribution in [3.05, 3.63) is 28.3 Å². The molecule has 14 heavy (non-hydrogen) atoms. The Kier molecular flexibility index (Phi) is 4.64. The van der Waals surface area contributed by atoms with E-state index in [1.165, 1.54) is 17.8 Å². The third-order valence-electron chi connectivity index (χ3n) is 1.37. The van der Waals surface area contributed by atoms with Crippen LogP contribution in [0, 0.1) is 18.8 Å². The van der Waals surface area contributed by atoms with Gasteiger partial charge in [0.1, 0.15) is 5.76 Å². The van der Waals surface area contributed by atoms with Crippen LogP contribution in [-0.4, -0.2) is 11.6 Å². The maximum absolute atomic E-state index is 11.0. The molecule has 0 aliphatic carbocycles. The van der Waals surface area contributed by atoms with Gasteiger partial charge in [0.2, 0.25) is 0 Å². The molecule has 0 amide bonds.